The predicted octanol–water partition coefficient (Wildman–Crippen LogP) is 11.7. The van der Waals surface area contributed by atoms with Crippen molar-refractivity contribution in [1.82, 2.24) is 19.3 Å². The zero-order chi connectivity index (χ0) is 35.1. The van der Waals surface area contributed by atoms with Gasteiger partial charge in [0.25, 0.3) is 0 Å². The van der Waals surface area contributed by atoms with Crippen molar-refractivity contribution in [1.29, 1.82) is 0 Å². The largest absolute Gasteiger partial charge is 2.00 e. The molecule has 0 spiro atoms. The molecule has 0 saturated heterocycles. The standard InChI is InChI=1S/C45H46N4O.Pt/c1-9-11-15-41-45(44-30(6)21-29(5)22-31(44)7)32(8)47-49(41)35-24-34(28(3)4)25-37(26-35)50-36-17-18-39-38-14-12-13-16-40(38)48(42(39)27-36)43-23-33(10-2)19-20-46-43;/h12-14,16-25,28H,9-11,15H2,1-8H3;/q-2;+2. The molecule has 0 unspecified atom stereocenters. The third-order valence-corrected chi connectivity index (χ3v) is 9.82. The van der Waals surface area contributed by atoms with Crippen LogP contribution in [0.4, 0.5) is 0 Å². The zero-order valence-corrected chi connectivity index (χ0v) is 33.2. The van der Waals surface area contributed by atoms with Gasteiger partial charge in [-0.1, -0.05) is 75.5 Å². The van der Waals surface area contributed by atoms with Crippen LogP contribution in [0.1, 0.15) is 85.7 Å². The summed E-state index contributed by atoms with van der Waals surface area (Å²) in [6.07, 6.45) is 5.94. The third-order valence-electron chi connectivity index (χ3n) is 9.82. The fraction of sp³-hybridized carbons (Fsp3) is 0.289. The van der Waals surface area contributed by atoms with E-state index in [0.29, 0.717) is 11.5 Å². The fourth-order valence-corrected chi connectivity index (χ4v) is 7.39. The smallest absolute Gasteiger partial charge is 0.509 e. The van der Waals surface area contributed by atoms with E-state index in [1.807, 2.05) is 12.3 Å². The summed E-state index contributed by atoms with van der Waals surface area (Å²) in [5.41, 5.74) is 14.0. The van der Waals surface area contributed by atoms with E-state index in [2.05, 4.69) is 144 Å². The number of pyridine rings is 1. The summed E-state index contributed by atoms with van der Waals surface area (Å²) in [5, 5.41) is 7.47. The number of rotatable bonds is 10. The van der Waals surface area contributed by atoms with Gasteiger partial charge in [-0.05, 0) is 104 Å². The molecule has 3 aromatic heterocycles. The summed E-state index contributed by atoms with van der Waals surface area (Å²) in [6, 6.07) is 33.0. The van der Waals surface area contributed by atoms with Gasteiger partial charge >= 0.3 is 21.1 Å². The van der Waals surface area contributed by atoms with Crippen molar-refractivity contribution in [3.63, 3.8) is 0 Å². The number of para-hydroxylation sites is 1. The molecule has 51 heavy (non-hydrogen) atoms. The molecule has 4 aromatic carbocycles. The molecule has 0 bridgehead atoms. The van der Waals surface area contributed by atoms with Gasteiger partial charge in [0.05, 0.1) is 5.69 Å². The monoisotopic (exact) mass is 853 g/mol. The average Bonchev–Trinajstić information content (AvgIpc) is 3.60. The Morgan fingerprint density at radius 1 is 0.804 bits per heavy atom. The van der Waals surface area contributed by atoms with Gasteiger partial charge in [-0.15, -0.1) is 41.3 Å². The number of unbranched alkanes of at least 4 members (excludes halogenated alkanes) is 1. The van der Waals surface area contributed by atoms with Crippen LogP contribution in [-0.2, 0) is 33.9 Å². The van der Waals surface area contributed by atoms with Gasteiger partial charge in [-0.2, -0.15) is 11.2 Å². The van der Waals surface area contributed by atoms with Crippen LogP contribution >= 0.6 is 0 Å². The van der Waals surface area contributed by atoms with Crippen LogP contribution in [0.3, 0.4) is 0 Å². The van der Waals surface area contributed by atoms with E-state index >= 15 is 0 Å². The molecule has 0 aliphatic heterocycles. The Kier molecular flexibility index (Phi) is 10.7. The van der Waals surface area contributed by atoms with Crippen LogP contribution in [0.15, 0.2) is 79.0 Å². The summed E-state index contributed by atoms with van der Waals surface area (Å²) in [4.78, 5) is 4.78. The first-order chi connectivity index (χ1) is 24.2. The van der Waals surface area contributed by atoms with Crippen molar-refractivity contribution < 1.29 is 25.8 Å². The Labute approximate surface area is 317 Å². The van der Waals surface area contributed by atoms with E-state index in [0.717, 1.165) is 64.7 Å². The van der Waals surface area contributed by atoms with Crippen LogP contribution in [0, 0.1) is 39.8 Å². The van der Waals surface area contributed by atoms with Crippen molar-refractivity contribution in [3.8, 4) is 34.1 Å². The van der Waals surface area contributed by atoms with Gasteiger partial charge in [0.15, 0.2) is 0 Å². The van der Waals surface area contributed by atoms with Gasteiger partial charge in [0.1, 0.15) is 5.82 Å². The average molecular weight is 854 g/mol. The number of ether oxygens (including phenoxy) is 1. The fourth-order valence-electron chi connectivity index (χ4n) is 7.39. The Bertz CT molecular complexity index is 2340. The molecular weight excluding hydrogens is 808 g/mol. The van der Waals surface area contributed by atoms with E-state index in [1.165, 1.54) is 44.6 Å². The number of nitrogens with zero attached hydrogens (tertiary/aromatic N) is 4. The van der Waals surface area contributed by atoms with Gasteiger partial charge in [0, 0.05) is 34.5 Å². The number of hydrogen-bond acceptors (Lipinski definition) is 3. The normalized spacial score (nSPS) is 11.5. The Morgan fingerprint density at radius 2 is 1.57 bits per heavy atom. The first kappa shape index (κ1) is 36.3. The van der Waals surface area contributed by atoms with Gasteiger partial charge < -0.3 is 9.30 Å². The minimum atomic E-state index is 0. The first-order valence-electron chi connectivity index (χ1n) is 18.0. The Balaban J connectivity index is 0.00000448. The van der Waals surface area contributed by atoms with Crippen molar-refractivity contribution in [2.45, 2.75) is 87.0 Å². The van der Waals surface area contributed by atoms with Crippen molar-refractivity contribution >= 4 is 21.8 Å². The molecular formula is C45H46N4OPt. The quantitative estimate of drug-likeness (QED) is 0.129. The Morgan fingerprint density at radius 3 is 2.29 bits per heavy atom. The van der Waals surface area contributed by atoms with Crippen LogP contribution in [0.5, 0.6) is 11.5 Å². The molecule has 6 heteroatoms. The summed E-state index contributed by atoms with van der Waals surface area (Å²) >= 11 is 0. The number of fused-ring (bicyclic) bond motifs is 3. The predicted molar refractivity (Wildman–Crippen MR) is 206 cm³/mol. The first-order valence-corrected chi connectivity index (χ1v) is 18.0. The summed E-state index contributed by atoms with van der Waals surface area (Å²) < 4.78 is 11.0. The summed E-state index contributed by atoms with van der Waals surface area (Å²) in [5.74, 6) is 2.44. The maximum atomic E-state index is 6.68. The maximum Gasteiger partial charge on any atom is 2.00 e. The van der Waals surface area contributed by atoms with Crippen molar-refractivity contribution in [2.75, 3.05) is 0 Å². The molecule has 0 radical (unpaired) electrons. The molecule has 7 aromatic rings. The molecule has 0 aliphatic carbocycles. The maximum absolute atomic E-state index is 6.68. The molecule has 0 saturated carbocycles. The van der Waals surface area contributed by atoms with E-state index in [-0.39, 0.29) is 27.0 Å². The molecule has 3 heterocycles. The van der Waals surface area contributed by atoms with Crippen LogP contribution in [0.25, 0.3) is 44.4 Å². The molecule has 0 N–H and O–H groups in total. The molecule has 0 atom stereocenters. The van der Waals surface area contributed by atoms with Gasteiger partial charge in [0.2, 0.25) is 0 Å². The molecule has 5 nitrogen and oxygen atoms in total. The minimum absolute atomic E-state index is 0. The van der Waals surface area contributed by atoms with Crippen LogP contribution in [0.2, 0.25) is 0 Å². The van der Waals surface area contributed by atoms with Gasteiger partial charge in [-0.25, -0.2) is 4.98 Å². The second kappa shape index (κ2) is 15.0. The number of benzene rings is 4. The minimum Gasteiger partial charge on any atom is -0.509 e. The van der Waals surface area contributed by atoms with E-state index < -0.39 is 0 Å². The Hall–Kier alpha value is -4.47. The molecule has 0 aliphatic rings. The van der Waals surface area contributed by atoms with Crippen molar-refractivity contribution in [2.24, 2.45) is 0 Å². The zero-order valence-electron chi connectivity index (χ0n) is 30.9. The van der Waals surface area contributed by atoms with E-state index in [4.69, 9.17) is 14.8 Å². The van der Waals surface area contributed by atoms with Crippen LogP contribution in [-0.4, -0.2) is 19.3 Å². The SMILES string of the molecule is CCCCc1c(-c2c(C)cc(C)cc2C)c(C)nn1-c1[c-]c(Oc2[c-]c3c(cc2)c2ccccc2n3-c2cc(CC)ccn2)cc(C(C)C)c1.[Pt+2]. The number of aromatic nitrogens is 4. The molecule has 0 fully saturated rings. The summed E-state index contributed by atoms with van der Waals surface area (Å²) in [6.45, 7) is 17.6. The van der Waals surface area contributed by atoms with Crippen LogP contribution < -0.4 is 4.74 Å². The third kappa shape index (κ3) is 6.94. The molecule has 262 valence electrons. The second-order valence-electron chi connectivity index (χ2n) is 13.9. The summed E-state index contributed by atoms with van der Waals surface area (Å²) in [7, 11) is 0. The molecule has 7 rings (SSSR count). The number of aryl methyl sites for hydroxylation is 5. The van der Waals surface area contributed by atoms with E-state index in [1.54, 1.807) is 0 Å². The van der Waals surface area contributed by atoms with Crippen molar-refractivity contribution in [3.05, 3.63) is 130 Å². The number of hydrogen-bond donors (Lipinski definition) is 0. The molecule has 0 amide bonds. The second-order valence-corrected chi connectivity index (χ2v) is 13.9. The van der Waals surface area contributed by atoms with E-state index in [9.17, 15) is 0 Å². The van der Waals surface area contributed by atoms with Gasteiger partial charge in [-0.3, -0.25) is 4.68 Å². The topological polar surface area (TPSA) is 44.9 Å².